The van der Waals surface area contributed by atoms with Crippen molar-refractivity contribution in [1.29, 1.82) is 0 Å². The van der Waals surface area contributed by atoms with Crippen molar-refractivity contribution < 1.29 is 9.53 Å². The van der Waals surface area contributed by atoms with Crippen LogP contribution in [0.4, 0.5) is 5.69 Å². The van der Waals surface area contributed by atoms with E-state index in [0.717, 1.165) is 28.1 Å². The van der Waals surface area contributed by atoms with E-state index in [2.05, 4.69) is 10.3 Å². The molecule has 128 valence electrons. The maximum absolute atomic E-state index is 12.2. The second kappa shape index (κ2) is 7.02. The van der Waals surface area contributed by atoms with E-state index in [1.807, 2.05) is 48.5 Å². The summed E-state index contributed by atoms with van der Waals surface area (Å²) < 4.78 is 5.77. The number of aromatic nitrogens is 1. The maximum atomic E-state index is 12.2. The first-order valence-corrected chi connectivity index (χ1v) is 8.51. The summed E-state index contributed by atoms with van der Waals surface area (Å²) in [6.45, 7) is 0.486. The van der Waals surface area contributed by atoms with Crippen LogP contribution in [0.15, 0.2) is 67.0 Å². The minimum absolute atomic E-state index is 0.125. The van der Waals surface area contributed by atoms with Gasteiger partial charge in [0, 0.05) is 28.6 Å². The second-order valence-electron chi connectivity index (χ2n) is 5.92. The van der Waals surface area contributed by atoms with E-state index in [-0.39, 0.29) is 5.91 Å². The second-order valence-corrected chi connectivity index (χ2v) is 6.35. The molecule has 0 saturated carbocycles. The molecule has 2 heterocycles. The molecule has 0 bridgehead atoms. The Morgan fingerprint density at radius 2 is 1.81 bits per heavy atom. The standard InChI is InChI=1S/C21H15ClN2O2/c22-16-3-6-18-19(21(25)24-20(18)12-16)11-14-1-4-17(5-2-14)26-13-15-7-9-23-10-8-15/h1-12H,13H2,(H,24,25)/b19-11+. The Bertz CT molecular complexity index is 983. The zero-order chi connectivity index (χ0) is 17.9. The fraction of sp³-hybridized carbons (Fsp3) is 0.0476. The van der Waals surface area contributed by atoms with Crippen LogP contribution < -0.4 is 10.1 Å². The number of ether oxygens (including phenoxy) is 1. The van der Waals surface area contributed by atoms with Crippen LogP contribution >= 0.6 is 11.6 Å². The van der Waals surface area contributed by atoms with Crippen LogP contribution in [-0.2, 0) is 11.4 Å². The van der Waals surface area contributed by atoms with E-state index in [9.17, 15) is 4.79 Å². The molecule has 3 aromatic rings. The minimum Gasteiger partial charge on any atom is -0.489 e. The van der Waals surface area contributed by atoms with Gasteiger partial charge in [0.25, 0.3) is 5.91 Å². The Balaban J connectivity index is 1.51. The molecule has 0 radical (unpaired) electrons. The largest absolute Gasteiger partial charge is 0.489 e. The highest BCUT2D eigenvalue weighted by Gasteiger charge is 2.23. The highest BCUT2D eigenvalue weighted by Crippen LogP contribution is 2.35. The molecular weight excluding hydrogens is 348 g/mol. The summed E-state index contributed by atoms with van der Waals surface area (Å²) in [6, 6.07) is 16.9. The Kier molecular flexibility index (Phi) is 4.42. The molecule has 2 aromatic carbocycles. The van der Waals surface area contributed by atoms with Crippen LogP contribution in [0.25, 0.3) is 11.6 Å². The summed E-state index contributed by atoms with van der Waals surface area (Å²) in [7, 11) is 0. The molecule has 5 heteroatoms. The SMILES string of the molecule is O=C1Nc2cc(Cl)ccc2/C1=C\c1ccc(OCc2ccncc2)cc1. The summed E-state index contributed by atoms with van der Waals surface area (Å²) in [5.74, 6) is 0.646. The number of anilines is 1. The van der Waals surface area contributed by atoms with Gasteiger partial charge in [-0.3, -0.25) is 9.78 Å². The van der Waals surface area contributed by atoms with Crippen molar-refractivity contribution in [2.75, 3.05) is 5.32 Å². The highest BCUT2D eigenvalue weighted by atomic mass is 35.5. The summed E-state index contributed by atoms with van der Waals surface area (Å²) in [5.41, 5.74) is 4.21. The molecule has 0 fully saturated rings. The maximum Gasteiger partial charge on any atom is 0.256 e. The Morgan fingerprint density at radius 3 is 2.58 bits per heavy atom. The van der Waals surface area contributed by atoms with E-state index in [1.165, 1.54) is 0 Å². The normalized spacial score (nSPS) is 14.2. The predicted octanol–water partition coefficient (Wildman–Crippen LogP) is 4.81. The molecule has 0 atom stereocenters. The molecule has 1 aromatic heterocycles. The number of amides is 1. The zero-order valence-corrected chi connectivity index (χ0v) is 14.5. The molecule has 4 nitrogen and oxygen atoms in total. The van der Waals surface area contributed by atoms with Crippen LogP contribution in [0.5, 0.6) is 5.75 Å². The summed E-state index contributed by atoms with van der Waals surface area (Å²) in [5, 5.41) is 3.44. The zero-order valence-electron chi connectivity index (χ0n) is 13.8. The first-order chi connectivity index (χ1) is 12.7. The predicted molar refractivity (Wildman–Crippen MR) is 103 cm³/mol. The van der Waals surface area contributed by atoms with Gasteiger partial charge in [-0.05, 0) is 53.6 Å². The number of hydrogen-bond acceptors (Lipinski definition) is 3. The molecule has 0 spiro atoms. The van der Waals surface area contributed by atoms with Crippen molar-refractivity contribution in [1.82, 2.24) is 4.98 Å². The van der Waals surface area contributed by atoms with E-state index in [0.29, 0.717) is 17.2 Å². The van der Waals surface area contributed by atoms with Gasteiger partial charge in [-0.15, -0.1) is 0 Å². The van der Waals surface area contributed by atoms with E-state index in [4.69, 9.17) is 16.3 Å². The van der Waals surface area contributed by atoms with Crippen LogP contribution in [0.3, 0.4) is 0 Å². The first kappa shape index (κ1) is 16.4. The summed E-state index contributed by atoms with van der Waals surface area (Å²) >= 11 is 5.98. The summed E-state index contributed by atoms with van der Waals surface area (Å²) in [6.07, 6.45) is 5.35. The Labute approximate surface area is 156 Å². The third-order valence-electron chi connectivity index (χ3n) is 4.11. The topological polar surface area (TPSA) is 51.2 Å². The van der Waals surface area contributed by atoms with E-state index in [1.54, 1.807) is 24.5 Å². The van der Waals surface area contributed by atoms with Crippen LogP contribution in [0.2, 0.25) is 5.02 Å². The van der Waals surface area contributed by atoms with Gasteiger partial charge < -0.3 is 10.1 Å². The number of nitrogens with zero attached hydrogens (tertiary/aromatic N) is 1. The number of halogens is 1. The van der Waals surface area contributed by atoms with Crippen molar-refractivity contribution in [3.05, 3.63) is 88.7 Å². The van der Waals surface area contributed by atoms with Crippen molar-refractivity contribution in [2.24, 2.45) is 0 Å². The van der Waals surface area contributed by atoms with Gasteiger partial charge in [0.15, 0.2) is 0 Å². The van der Waals surface area contributed by atoms with Crippen LogP contribution in [0, 0.1) is 0 Å². The molecular formula is C21H15ClN2O2. The highest BCUT2D eigenvalue weighted by molar-refractivity contribution is 6.36. The van der Waals surface area contributed by atoms with Crippen molar-refractivity contribution in [3.63, 3.8) is 0 Å². The lowest BCUT2D eigenvalue weighted by atomic mass is 10.0. The van der Waals surface area contributed by atoms with Crippen molar-refractivity contribution >= 4 is 34.8 Å². The average molecular weight is 363 g/mol. The smallest absolute Gasteiger partial charge is 0.256 e. The number of pyridine rings is 1. The molecule has 0 saturated heterocycles. The molecule has 1 aliphatic rings. The number of benzene rings is 2. The minimum atomic E-state index is -0.125. The lowest BCUT2D eigenvalue weighted by Crippen LogP contribution is -2.03. The fourth-order valence-electron chi connectivity index (χ4n) is 2.78. The van der Waals surface area contributed by atoms with Crippen molar-refractivity contribution in [3.8, 4) is 5.75 Å². The average Bonchev–Trinajstić information content (AvgIpc) is 2.96. The third-order valence-corrected chi connectivity index (χ3v) is 4.35. The fourth-order valence-corrected chi connectivity index (χ4v) is 2.95. The van der Waals surface area contributed by atoms with Gasteiger partial charge in [0.1, 0.15) is 12.4 Å². The summed E-state index contributed by atoms with van der Waals surface area (Å²) in [4.78, 5) is 16.2. The van der Waals surface area contributed by atoms with Crippen LogP contribution in [0.1, 0.15) is 16.7 Å². The Morgan fingerprint density at radius 1 is 1.04 bits per heavy atom. The van der Waals surface area contributed by atoms with Gasteiger partial charge >= 0.3 is 0 Å². The molecule has 1 N–H and O–H groups in total. The van der Waals surface area contributed by atoms with Gasteiger partial charge in [-0.2, -0.15) is 0 Å². The molecule has 0 unspecified atom stereocenters. The number of fused-ring (bicyclic) bond motifs is 1. The Hall–Kier alpha value is -3.11. The third kappa shape index (κ3) is 3.46. The number of carbonyl (C=O) groups excluding carboxylic acids is 1. The van der Waals surface area contributed by atoms with Gasteiger partial charge in [-0.1, -0.05) is 29.8 Å². The van der Waals surface area contributed by atoms with Crippen molar-refractivity contribution in [2.45, 2.75) is 6.61 Å². The molecule has 26 heavy (non-hydrogen) atoms. The molecule has 1 aliphatic heterocycles. The lowest BCUT2D eigenvalue weighted by molar-refractivity contribution is -0.110. The number of hydrogen-bond donors (Lipinski definition) is 1. The van der Waals surface area contributed by atoms with Gasteiger partial charge in [0.2, 0.25) is 0 Å². The van der Waals surface area contributed by atoms with Gasteiger partial charge in [0.05, 0.1) is 5.69 Å². The van der Waals surface area contributed by atoms with E-state index >= 15 is 0 Å². The quantitative estimate of drug-likeness (QED) is 0.678. The number of carbonyl (C=O) groups is 1. The molecule has 0 aliphatic carbocycles. The van der Waals surface area contributed by atoms with Crippen LogP contribution in [-0.4, -0.2) is 10.9 Å². The molecule has 4 rings (SSSR count). The number of nitrogens with one attached hydrogen (secondary N) is 1. The molecule has 1 amide bonds. The van der Waals surface area contributed by atoms with E-state index < -0.39 is 0 Å². The number of rotatable bonds is 4. The monoisotopic (exact) mass is 362 g/mol. The first-order valence-electron chi connectivity index (χ1n) is 8.14. The van der Waals surface area contributed by atoms with Gasteiger partial charge in [-0.25, -0.2) is 0 Å². The lowest BCUT2D eigenvalue weighted by Gasteiger charge is -2.06.